The Morgan fingerprint density at radius 1 is 1.29 bits per heavy atom. The van der Waals surface area contributed by atoms with Crippen molar-refractivity contribution in [3.05, 3.63) is 40.1 Å². The number of nitrogens with zero attached hydrogens (tertiary/aromatic N) is 3. The molecule has 0 saturated carbocycles. The third kappa shape index (κ3) is 2.85. The number of phenols is 1. The van der Waals surface area contributed by atoms with E-state index in [4.69, 9.17) is 0 Å². The van der Waals surface area contributed by atoms with Crippen molar-refractivity contribution in [3.63, 3.8) is 0 Å². The lowest BCUT2D eigenvalue weighted by Gasteiger charge is -2.10. The molecular formula is C15H17N3O2S. The van der Waals surface area contributed by atoms with Crippen molar-refractivity contribution in [1.29, 1.82) is 0 Å². The Labute approximate surface area is 126 Å². The van der Waals surface area contributed by atoms with Crippen LogP contribution in [-0.4, -0.2) is 33.7 Å². The first-order valence-corrected chi connectivity index (χ1v) is 7.78. The average molecular weight is 303 g/mol. The Bertz CT molecular complexity index is 727. The Balaban J connectivity index is 2.04. The summed E-state index contributed by atoms with van der Waals surface area (Å²) in [5.41, 5.74) is 0.634. The second-order valence-electron chi connectivity index (χ2n) is 5.07. The topological polar surface area (TPSA) is 57.8 Å². The number of phenolic OH excluding ortho intramolecular Hbond substituents is 1. The van der Waals surface area contributed by atoms with Crippen LogP contribution >= 0.6 is 11.3 Å². The quantitative estimate of drug-likeness (QED) is 0.880. The van der Waals surface area contributed by atoms with Gasteiger partial charge in [0, 0.05) is 24.2 Å². The molecule has 21 heavy (non-hydrogen) atoms. The SMILES string of the molecule is Cc1cn(-c2ccccc2O)c(=NC(=O)N2CCCC2)s1. The van der Waals surface area contributed by atoms with E-state index in [1.54, 1.807) is 27.7 Å². The van der Waals surface area contributed by atoms with Crippen molar-refractivity contribution >= 4 is 17.4 Å². The Morgan fingerprint density at radius 3 is 2.71 bits per heavy atom. The summed E-state index contributed by atoms with van der Waals surface area (Å²) in [6.45, 7) is 3.52. The third-order valence-electron chi connectivity index (χ3n) is 3.48. The Hall–Kier alpha value is -2.08. The number of carbonyl (C=O) groups excluding carboxylic acids is 1. The number of thiazole rings is 1. The van der Waals surface area contributed by atoms with Gasteiger partial charge in [-0.05, 0) is 31.9 Å². The molecule has 110 valence electrons. The highest BCUT2D eigenvalue weighted by atomic mass is 32.1. The van der Waals surface area contributed by atoms with E-state index in [1.807, 2.05) is 19.2 Å². The zero-order valence-electron chi connectivity index (χ0n) is 11.8. The first kappa shape index (κ1) is 13.9. The van der Waals surface area contributed by atoms with Crippen molar-refractivity contribution in [2.24, 2.45) is 4.99 Å². The standard InChI is InChI=1S/C15H17N3O2S/c1-11-10-18(12-6-2-3-7-13(12)19)15(21-11)16-14(20)17-8-4-5-9-17/h2-3,6-7,10,19H,4-5,8-9H2,1H3. The summed E-state index contributed by atoms with van der Waals surface area (Å²) in [6.07, 6.45) is 3.98. The number of amides is 2. The van der Waals surface area contributed by atoms with Gasteiger partial charge in [0.05, 0.1) is 5.69 Å². The number of para-hydroxylation sites is 2. The highest BCUT2D eigenvalue weighted by Crippen LogP contribution is 2.20. The molecule has 0 spiro atoms. The van der Waals surface area contributed by atoms with E-state index in [9.17, 15) is 9.90 Å². The molecule has 2 aromatic rings. The van der Waals surface area contributed by atoms with Gasteiger partial charge in [0.15, 0.2) is 4.80 Å². The summed E-state index contributed by atoms with van der Waals surface area (Å²) in [5, 5.41) is 9.99. The van der Waals surface area contributed by atoms with Crippen LogP contribution < -0.4 is 4.80 Å². The van der Waals surface area contributed by atoms with E-state index in [0.717, 1.165) is 30.8 Å². The fourth-order valence-electron chi connectivity index (χ4n) is 2.43. The van der Waals surface area contributed by atoms with E-state index in [1.165, 1.54) is 11.3 Å². The van der Waals surface area contributed by atoms with E-state index >= 15 is 0 Å². The van der Waals surface area contributed by atoms with Crippen molar-refractivity contribution in [2.45, 2.75) is 19.8 Å². The highest BCUT2D eigenvalue weighted by Gasteiger charge is 2.17. The zero-order valence-corrected chi connectivity index (χ0v) is 12.6. The fourth-order valence-corrected chi connectivity index (χ4v) is 3.25. The minimum atomic E-state index is -0.196. The molecule has 3 rings (SSSR count). The average Bonchev–Trinajstić information content (AvgIpc) is 3.09. The molecule has 1 saturated heterocycles. The normalized spacial score (nSPS) is 15.7. The van der Waals surface area contributed by atoms with E-state index in [2.05, 4.69) is 4.99 Å². The van der Waals surface area contributed by atoms with Gasteiger partial charge in [-0.2, -0.15) is 4.99 Å². The maximum Gasteiger partial charge on any atom is 0.346 e. The number of carbonyl (C=O) groups is 1. The zero-order chi connectivity index (χ0) is 14.8. The van der Waals surface area contributed by atoms with Crippen molar-refractivity contribution in [3.8, 4) is 11.4 Å². The number of aryl methyl sites for hydroxylation is 1. The molecule has 1 aliphatic rings. The van der Waals surface area contributed by atoms with Crippen LogP contribution in [0.25, 0.3) is 5.69 Å². The van der Waals surface area contributed by atoms with Crippen LogP contribution in [0.15, 0.2) is 35.5 Å². The van der Waals surface area contributed by atoms with Gasteiger partial charge >= 0.3 is 6.03 Å². The van der Waals surface area contributed by atoms with Gasteiger partial charge in [-0.3, -0.25) is 4.57 Å². The summed E-state index contributed by atoms with van der Waals surface area (Å²) in [6, 6.07) is 6.85. The number of hydrogen-bond donors (Lipinski definition) is 1. The lowest BCUT2D eigenvalue weighted by atomic mass is 10.3. The molecule has 1 aliphatic heterocycles. The van der Waals surface area contributed by atoms with Crippen LogP contribution in [-0.2, 0) is 0 Å². The van der Waals surface area contributed by atoms with Gasteiger partial charge in [0.2, 0.25) is 0 Å². The third-order valence-corrected chi connectivity index (χ3v) is 4.38. The summed E-state index contributed by atoms with van der Waals surface area (Å²) in [5.74, 6) is 0.172. The minimum absolute atomic E-state index is 0.172. The molecule has 0 aliphatic carbocycles. The maximum atomic E-state index is 12.2. The molecular weight excluding hydrogens is 286 g/mol. The first-order chi connectivity index (χ1) is 10.1. The largest absolute Gasteiger partial charge is 0.506 e. The number of likely N-dealkylation sites (tertiary alicyclic amines) is 1. The lowest BCUT2D eigenvalue weighted by Crippen LogP contribution is -2.27. The first-order valence-electron chi connectivity index (χ1n) is 6.96. The van der Waals surface area contributed by atoms with Gasteiger partial charge in [-0.25, -0.2) is 4.79 Å². The molecule has 2 amide bonds. The van der Waals surface area contributed by atoms with Gasteiger partial charge < -0.3 is 10.0 Å². The molecule has 5 nitrogen and oxygen atoms in total. The van der Waals surface area contributed by atoms with Crippen molar-refractivity contribution in [2.75, 3.05) is 13.1 Å². The molecule has 0 atom stereocenters. The van der Waals surface area contributed by atoms with E-state index in [0.29, 0.717) is 10.5 Å². The van der Waals surface area contributed by atoms with Crippen LogP contribution in [0.4, 0.5) is 4.79 Å². The second kappa shape index (κ2) is 5.73. The summed E-state index contributed by atoms with van der Waals surface area (Å²) in [7, 11) is 0. The molecule has 1 fully saturated rings. The van der Waals surface area contributed by atoms with Crippen molar-refractivity contribution in [1.82, 2.24) is 9.47 Å². The summed E-state index contributed by atoms with van der Waals surface area (Å²) in [4.78, 5) is 19.8. The number of aromatic nitrogens is 1. The van der Waals surface area contributed by atoms with Gasteiger partial charge in [-0.15, -0.1) is 11.3 Å². The van der Waals surface area contributed by atoms with Gasteiger partial charge in [0.25, 0.3) is 0 Å². The van der Waals surface area contributed by atoms with Crippen LogP contribution in [0.5, 0.6) is 5.75 Å². The van der Waals surface area contributed by atoms with Gasteiger partial charge in [0.1, 0.15) is 5.75 Å². The van der Waals surface area contributed by atoms with Crippen LogP contribution in [0.2, 0.25) is 0 Å². The maximum absolute atomic E-state index is 12.2. The Kier molecular flexibility index (Phi) is 3.79. The van der Waals surface area contributed by atoms with E-state index in [-0.39, 0.29) is 11.8 Å². The van der Waals surface area contributed by atoms with Crippen LogP contribution in [0.3, 0.4) is 0 Å². The molecule has 0 radical (unpaired) electrons. The smallest absolute Gasteiger partial charge is 0.346 e. The molecule has 2 heterocycles. The molecule has 0 unspecified atom stereocenters. The summed E-state index contributed by atoms with van der Waals surface area (Å²) >= 11 is 1.44. The minimum Gasteiger partial charge on any atom is -0.506 e. The number of urea groups is 1. The predicted octanol–water partition coefficient (Wildman–Crippen LogP) is 2.67. The lowest BCUT2D eigenvalue weighted by molar-refractivity contribution is 0.218. The van der Waals surface area contributed by atoms with Crippen LogP contribution in [0, 0.1) is 6.92 Å². The molecule has 1 aromatic heterocycles. The second-order valence-corrected chi connectivity index (χ2v) is 6.28. The Morgan fingerprint density at radius 2 is 2.00 bits per heavy atom. The number of rotatable bonds is 1. The molecule has 1 N–H and O–H groups in total. The molecule has 6 heteroatoms. The number of aromatic hydroxyl groups is 1. The number of benzene rings is 1. The molecule has 0 bridgehead atoms. The fraction of sp³-hybridized carbons (Fsp3) is 0.333. The monoisotopic (exact) mass is 303 g/mol. The molecule has 1 aromatic carbocycles. The predicted molar refractivity (Wildman–Crippen MR) is 81.8 cm³/mol. The summed E-state index contributed by atoms with van der Waals surface area (Å²) < 4.78 is 1.77. The highest BCUT2D eigenvalue weighted by molar-refractivity contribution is 7.09. The van der Waals surface area contributed by atoms with Crippen LogP contribution in [0.1, 0.15) is 17.7 Å². The van der Waals surface area contributed by atoms with Gasteiger partial charge in [-0.1, -0.05) is 12.1 Å². The number of hydrogen-bond acceptors (Lipinski definition) is 3. The van der Waals surface area contributed by atoms with Crippen molar-refractivity contribution < 1.29 is 9.90 Å². The van der Waals surface area contributed by atoms with E-state index < -0.39 is 0 Å².